The smallest absolute Gasteiger partial charge is 0.254 e. The molecule has 1 aromatic carbocycles. The van der Waals surface area contributed by atoms with E-state index in [0.29, 0.717) is 12.2 Å². The SMILES string of the molecule is CC(N)C1CCCCN1C(=O)c1cccc(OCc2cccs2)c1. The molecule has 24 heavy (non-hydrogen) atoms. The van der Waals surface area contributed by atoms with Crippen molar-refractivity contribution in [2.75, 3.05) is 6.54 Å². The predicted octanol–water partition coefficient (Wildman–Crippen LogP) is 3.67. The normalized spacial score (nSPS) is 19.1. The Morgan fingerprint density at radius 1 is 1.38 bits per heavy atom. The summed E-state index contributed by atoms with van der Waals surface area (Å²) in [7, 11) is 0. The number of hydrogen-bond donors (Lipinski definition) is 1. The Balaban J connectivity index is 1.71. The van der Waals surface area contributed by atoms with Gasteiger partial charge in [0.2, 0.25) is 0 Å². The van der Waals surface area contributed by atoms with E-state index >= 15 is 0 Å². The lowest BCUT2D eigenvalue weighted by molar-refractivity contribution is 0.0583. The van der Waals surface area contributed by atoms with Crippen LogP contribution < -0.4 is 10.5 Å². The van der Waals surface area contributed by atoms with E-state index in [0.717, 1.165) is 31.6 Å². The number of hydrogen-bond acceptors (Lipinski definition) is 4. The first-order valence-electron chi connectivity index (χ1n) is 8.47. The number of nitrogens with zero attached hydrogens (tertiary/aromatic N) is 1. The first-order chi connectivity index (χ1) is 11.6. The molecule has 2 heterocycles. The van der Waals surface area contributed by atoms with Crippen LogP contribution in [0.25, 0.3) is 0 Å². The minimum atomic E-state index is -0.00693. The molecule has 2 atom stereocenters. The molecule has 4 nitrogen and oxygen atoms in total. The summed E-state index contributed by atoms with van der Waals surface area (Å²) in [5.74, 6) is 0.780. The van der Waals surface area contributed by atoms with E-state index in [1.54, 1.807) is 11.3 Å². The van der Waals surface area contributed by atoms with Crippen LogP contribution in [0.2, 0.25) is 0 Å². The summed E-state index contributed by atoms with van der Waals surface area (Å²) in [4.78, 5) is 16.0. The Bertz CT molecular complexity index is 670. The lowest BCUT2D eigenvalue weighted by atomic mass is 9.96. The Labute approximate surface area is 147 Å². The van der Waals surface area contributed by atoms with Crippen molar-refractivity contribution < 1.29 is 9.53 Å². The maximum atomic E-state index is 12.9. The molecule has 2 aromatic rings. The molecule has 128 valence electrons. The number of carbonyl (C=O) groups is 1. The fourth-order valence-corrected chi connectivity index (χ4v) is 3.81. The Kier molecular flexibility index (Phi) is 5.53. The van der Waals surface area contributed by atoms with Crippen LogP contribution in [0, 0.1) is 0 Å². The first kappa shape index (κ1) is 17.0. The van der Waals surface area contributed by atoms with Gasteiger partial charge in [0.25, 0.3) is 5.91 Å². The molecule has 0 bridgehead atoms. The largest absolute Gasteiger partial charge is 0.488 e. The van der Waals surface area contributed by atoms with Gasteiger partial charge in [-0.1, -0.05) is 12.1 Å². The molecule has 0 radical (unpaired) electrons. The van der Waals surface area contributed by atoms with Crippen molar-refractivity contribution >= 4 is 17.2 Å². The summed E-state index contributed by atoms with van der Waals surface area (Å²) >= 11 is 1.66. The zero-order valence-corrected chi connectivity index (χ0v) is 14.8. The van der Waals surface area contributed by atoms with Gasteiger partial charge in [0.1, 0.15) is 12.4 Å². The topological polar surface area (TPSA) is 55.6 Å². The van der Waals surface area contributed by atoms with E-state index < -0.39 is 0 Å². The number of rotatable bonds is 5. The van der Waals surface area contributed by atoms with Crippen molar-refractivity contribution in [2.45, 2.75) is 44.9 Å². The summed E-state index contributed by atoms with van der Waals surface area (Å²) in [6.45, 7) is 3.30. The van der Waals surface area contributed by atoms with E-state index in [4.69, 9.17) is 10.5 Å². The Hall–Kier alpha value is -1.85. The second-order valence-corrected chi connectivity index (χ2v) is 7.35. The van der Waals surface area contributed by atoms with Crippen molar-refractivity contribution in [1.29, 1.82) is 0 Å². The second-order valence-electron chi connectivity index (χ2n) is 6.32. The third-order valence-corrected chi connectivity index (χ3v) is 5.31. The molecule has 0 spiro atoms. The molecule has 2 N–H and O–H groups in total. The number of nitrogens with two attached hydrogens (primary N) is 1. The maximum Gasteiger partial charge on any atom is 0.254 e. The van der Waals surface area contributed by atoms with E-state index in [-0.39, 0.29) is 18.0 Å². The molecule has 3 rings (SSSR count). The molecule has 1 saturated heterocycles. The number of amides is 1. The van der Waals surface area contributed by atoms with Gasteiger partial charge in [-0.25, -0.2) is 0 Å². The van der Waals surface area contributed by atoms with Crippen LogP contribution in [0.1, 0.15) is 41.4 Å². The average Bonchev–Trinajstić information content (AvgIpc) is 3.13. The Morgan fingerprint density at radius 2 is 2.25 bits per heavy atom. The zero-order chi connectivity index (χ0) is 16.9. The molecule has 2 unspecified atom stereocenters. The monoisotopic (exact) mass is 344 g/mol. The predicted molar refractivity (Wildman–Crippen MR) is 97.4 cm³/mol. The highest BCUT2D eigenvalue weighted by Crippen LogP contribution is 2.23. The summed E-state index contributed by atoms with van der Waals surface area (Å²) in [6.07, 6.45) is 3.17. The summed E-state index contributed by atoms with van der Waals surface area (Å²) in [5, 5.41) is 2.03. The summed E-state index contributed by atoms with van der Waals surface area (Å²) in [5.41, 5.74) is 6.76. The molecule has 5 heteroatoms. The van der Waals surface area contributed by atoms with Crippen LogP contribution in [0.15, 0.2) is 41.8 Å². The maximum absolute atomic E-state index is 12.9. The molecule has 1 amide bonds. The standard InChI is InChI=1S/C19H24N2O2S/c1-14(20)18-9-2-3-10-21(18)19(22)15-6-4-7-16(12-15)23-13-17-8-5-11-24-17/h4-8,11-12,14,18H,2-3,9-10,13,20H2,1H3. The molecule has 0 aliphatic carbocycles. The highest BCUT2D eigenvalue weighted by Gasteiger charge is 2.29. The number of thiophene rings is 1. The van der Waals surface area contributed by atoms with Gasteiger partial charge in [0.05, 0.1) is 0 Å². The molecule has 1 aliphatic heterocycles. The average molecular weight is 344 g/mol. The van der Waals surface area contributed by atoms with Crippen LogP contribution in [0.3, 0.4) is 0 Å². The number of benzene rings is 1. The number of piperidine rings is 1. The van der Waals surface area contributed by atoms with Gasteiger partial charge in [-0.3, -0.25) is 4.79 Å². The molecular weight excluding hydrogens is 320 g/mol. The number of likely N-dealkylation sites (tertiary alicyclic amines) is 1. The first-order valence-corrected chi connectivity index (χ1v) is 9.35. The van der Waals surface area contributed by atoms with Gasteiger partial charge in [-0.15, -0.1) is 11.3 Å². The second kappa shape index (κ2) is 7.81. The highest BCUT2D eigenvalue weighted by molar-refractivity contribution is 7.09. The number of carbonyl (C=O) groups excluding carboxylic acids is 1. The van der Waals surface area contributed by atoms with Gasteiger partial charge >= 0.3 is 0 Å². The van der Waals surface area contributed by atoms with Crippen molar-refractivity contribution in [3.63, 3.8) is 0 Å². The van der Waals surface area contributed by atoms with Crippen molar-refractivity contribution in [3.8, 4) is 5.75 Å². The molecule has 1 fully saturated rings. The molecular formula is C19H24N2O2S. The molecule has 1 aromatic heterocycles. The third kappa shape index (κ3) is 3.97. The van der Waals surface area contributed by atoms with Gasteiger partial charge in [0.15, 0.2) is 0 Å². The van der Waals surface area contributed by atoms with Crippen molar-refractivity contribution in [3.05, 3.63) is 52.2 Å². The van der Waals surface area contributed by atoms with E-state index in [1.807, 2.05) is 53.6 Å². The quantitative estimate of drug-likeness (QED) is 0.900. The van der Waals surface area contributed by atoms with Crippen LogP contribution in [-0.2, 0) is 6.61 Å². The zero-order valence-electron chi connectivity index (χ0n) is 14.0. The fourth-order valence-electron chi connectivity index (χ4n) is 3.19. The molecule has 1 aliphatic rings. The van der Waals surface area contributed by atoms with Crippen molar-refractivity contribution in [2.24, 2.45) is 5.73 Å². The lowest BCUT2D eigenvalue weighted by Gasteiger charge is -2.38. The van der Waals surface area contributed by atoms with E-state index in [2.05, 4.69) is 0 Å². The minimum Gasteiger partial charge on any atom is -0.488 e. The van der Waals surface area contributed by atoms with Crippen molar-refractivity contribution in [1.82, 2.24) is 4.90 Å². The molecule has 0 saturated carbocycles. The lowest BCUT2D eigenvalue weighted by Crippen LogP contribution is -2.51. The van der Waals surface area contributed by atoms with Crippen LogP contribution in [0.4, 0.5) is 0 Å². The third-order valence-electron chi connectivity index (χ3n) is 4.46. The van der Waals surface area contributed by atoms with E-state index in [1.165, 1.54) is 4.88 Å². The summed E-state index contributed by atoms with van der Waals surface area (Å²) in [6, 6.07) is 11.6. The van der Waals surface area contributed by atoms with Gasteiger partial charge in [0, 0.05) is 29.1 Å². The van der Waals surface area contributed by atoms with Gasteiger partial charge in [-0.05, 0) is 55.8 Å². The Morgan fingerprint density at radius 3 is 3.00 bits per heavy atom. The fraction of sp³-hybridized carbons (Fsp3) is 0.421. The van der Waals surface area contributed by atoms with Gasteiger partial charge < -0.3 is 15.4 Å². The van der Waals surface area contributed by atoms with Crippen LogP contribution in [-0.4, -0.2) is 29.4 Å². The van der Waals surface area contributed by atoms with Gasteiger partial charge in [-0.2, -0.15) is 0 Å². The number of ether oxygens (including phenoxy) is 1. The van der Waals surface area contributed by atoms with Crippen LogP contribution in [0.5, 0.6) is 5.75 Å². The highest BCUT2D eigenvalue weighted by atomic mass is 32.1. The minimum absolute atomic E-state index is 0.00693. The van der Waals surface area contributed by atoms with E-state index in [9.17, 15) is 4.79 Å². The van der Waals surface area contributed by atoms with Crippen LogP contribution >= 0.6 is 11.3 Å². The summed E-state index contributed by atoms with van der Waals surface area (Å²) < 4.78 is 5.82.